The molecule has 0 saturated heterocycles. The Bertz CT molecular complexity index is 840. The molecular formula is C24H35NO3S. The second kappa shape index (κ2) is 10.4. The lowest BCUT2D eigenvalue weighted by atomic mass is 9.87. The first-order chi connectivity index (χ1) is 13.7. The van der Waals surface area contributed by atoms with Crippen molar-refractivity contribution in [2.45, 2.75) is 73.3 Å². The van der Waals surface area contributed by atoms with Gasteiger partial charge >= 0.3 is 0 Å². The van der Waals surface area contributed by atoms with Gasteiger partial charge in [-0.15, -0.1) is 11.3 Å². The molecule has 0 aliphatic rings. The van der Waals surface area contributed by atoms with E-state index in [-0.39, 0.29) is 24.7 Å². The fourth-order valence-corrected chi connectivity index (χ4v) is 4.67. The Morgan fingerprint density at radius 2 is 1.69 bits per heavy atom. The molecule has 0 radical (unpaired) electrons. The Labute approximate surface area is 178 Å². The van der Waals surface area contributed by atoms with Crippen molar-refractivity contribution >= 4 is 33.1 Å². The number of fused-ring (bicyclic) bond motifs is 1. The first-order valence-electron chi connectivity index (χ1n) is 10.7. The van der Waals surface area contributed by atoms with Crippen molar-refractivity contribution in [3.05, 3.63) is 34.2 Å². The maximum absolute atomic E-state index is 13.2. The van der Waals surface area contributed by atoms with Gasteiger partial charge in [-0.05, 0) is 41.5 Å². The van der Waals surface area contributed by atoms with Crippen LogP contribution in [-0.4, -0.2) is 34.8 Å². The van der Waals surface area contributed by atoms with Crippen molar-refractivity contribution in [1.29, 1.82) is 0 Å². The molecule has 1 aromatic heterocycles. The minimum Gasteiger partial charge on any atom is -0.392 e. The molecule has 4 nitrogen and oxygen atoms in total. The molecule has 0 saturated carbocycles. The summed E-state index contributed by atoms with van der Waals surface area (Å²) in [4.78, 5) is 29.0. The summed E-state index contributed by atoms with van der Waals surface area (Å²) in [6.07, 6.45) is 4.31. The number of benzene rings is 1. The predicted octanol–water partition coefficient (Wildman–Crippen LogP) is 5.59. The Morgan fingerprint density at radius 3 is 2.21 bits per heavy atom. The number of nitrogens with zero attached hydrogens (tertiary/aromatic N) is 1. The van der Waals surface area contributed by atoms with Crippen LogP contribution < -0.4 is 0 Å². The molecule has 0 aliphatic carbocycles. The van der Waals surface area contributed by atoms with Crippen LogP contribution in [-0.2, 0) is 17.8 Å². The van der Waals surface area contributed by atoms with Crippen molar-refractivity contribution < 1.29 is 14.7 Å². The standard InChI is InChI=1S/C24H35NO3S/c1-6-8-12-25(13-9-7-2)21(27)15-19-18-14-17(16-26)10-11-20(18)29-22(19)23(28)24(3,4)5/h10-11,14,26H,6-9,12-13,15-16H2,1-5H3. The number of aliphatic hydroxyl groups is 1. The molecule has 0 spiro atoms. The Balaban J connectivity index is 2.47. The van der Waals surface area contributed by atoms with Crippen LogP contribution in [0, 0.1) is 5.41 Å². The van der Waals surface area contributed by atoms with Crippen molar-refractivity contribution in [3.8, 4) is 0 Å². The summed E-state index contributed by atoms with van der Waals surface area (Å²) < 4.78 is 0.992. The second-order valence-electron chi connectivity index (χ2n) is 8.74. The van der Waals surface area contributed by atoms with E-state index in [2.05, 4.69) is 13.8 Å². The summed E-state index contributed by atoms with van der Waals surface area (Å²) in [7, 11) is 0. The molecule has 1 heterocycles. The highest BCUT2D eigenvalue weighted by Gasteiger charge is 2.29. The van der Waals surface area contributed by atoms with Gasteiger partial charge in [-0.3, -0.25) is 9.59 Å². The van der Waals surface area contributed by atoms with Crippen LogP contribution in [0.4, 0.5) is 0 Å². The topological polar surface area (TPSA) is 57.6 Å². The number of unbranched alkanes of at least 4 members (excludes halogenated alkanes) is 2. The number of Topliss-reactive ketones (excluding diaryl/α,β-unsaturated/α-hetero) is 1. The van der Waals surface area contributed by atoms with Crippen molar-refractivity contribution in [3.63, 3.8) is 0 Å². The minimum absolute atomic E-state index is 0.0547. The quantitative estimate of drug-likeness (QED) is 0.512. The third-order valence-electron chi connectivity index (χ3n) is 5.17. The smallest absolute Gasteiger partial charge is 0.227 e. The van der Waals surface area contributed by atoms with Gasteiger partial charge in [-0.25, -0.2) is 0 Å². The molecule has 0 bridgehead atoms. The lowest BCUT2D eigenvalue weighted by Crippen LogP contribution is -2.34. The molecule has 5 heteroatoms. The molecule has 1 aromatic carbocycles. The highest BCUT2D eigenvalue weighted by molar-refractivity contribution is 7.21. The number of carbonyl (C=O) groups is 2. The van der Waals surface area contributed by atoms with E-state index in [0.717, 1.165) is 60.0 Å². The third kappa shape index (κ3) is 5.89. The maximum Gasteiger partial charge on any atom is 0.227 e. The SMILES string of the molecule is CCCCN(CCCC)C(=O)Cc1c(C(=O)C(C)(C)C)sc2ccc(CO)cc12. The van der Waals surface area contributed by atoms with E-state index in [9.17, 15) is 14.7 Å². The molecule has 0 aliphatic heterocycles. The monoisotopic (exact) mass is 417 g/mol. The lowest BCUT2D eigenvalue weighted by Gasteiger charge is -2.23. The molecule has 0 fully saturated rings. The molecule has 29 heavy (non-hydrogen) atoms. The Morgan fingerprint density at radius 1 is 1.07 bits per heavy atom. The number of thiophene rings is 1. The Kier molecular flexibility index (Phi) is 8.41. The van der Waals surface area contributed by atoms with Crippen molar-refractivity contribution in [2.24, 2.45) is 5.41 Å². The third-order valence-corrected chi connectivity index (χ3v) is 6.38. The lowest BCUT2D eigenvalue weighted by molar-refractivity contribution is -0.130. The summed E-state index contributed by atoms with van der Waals surface area (Å²) in [5, 5.41) is 10.5. The summed E-state index contributed by atoms with van der Waals surface area (Å²) in [5.74, 6) is 0.157. The van der Waals surface area contributed by atoms with Crippen molar-refractivity contribution in [2.75, 3.05) is 13.1 Å². The van der Waals surface area contributed by atoms with E-state index in [1.54, 1.807) is 0 Å². The van der Waals surface area contributed by atoms with Crippen LogP contribution >= 0.6 is 11.3 Å². The molecular weight excluding hydrogens is 382 g/mol. The molecule has 2 rings (SSSR count). The van der Waals surface area contributed by atoms with E-state index in [1.165, 1.54) is 11.3 Å². The number of ketones is 1. The molecule has 1 amide bonds. The van der Waals surface area contributed by atoms with Crippen molar-refractivity contribution in [1.82, 2.24) is 4.90 Å². The molecule has 0 atom stereocenters. The zero-order valence-corrected chi connectivity index (χ0v) is 19.3. The van der Waals surface area contributed by atoms with Crippen LogP contribution in [0.3, 0.4) is 0 Å². The molecule has 0 unspecified atom stereocenters. The van der Waals surface area contributed by atoms with E-state index in [0.29, 0.717) is 4.88 Å². The first-order valence-corrected chi connectivity index (χ1v) is 11.5. The van der Waals surface area contributed by atoms with Gasteiger partial charge in [0.25, 0.3) is 0 Å². The van der Waals surface area contributed by atoms with Crippen LogP contribution in [0.25, 0.3) is 10.1 Å². The average Bonchev–Trinajstić information content (AvgIpc) is 3.03. The van der Waals surface area contributed by atoms with Gasteiger partial charge in [-0.2, -0.15) is 0 Å². The summed E-state index contributed by atoms with van der Waals surface area (Å²) in [6, 6.07) is 5.76. The maximum atomic E-state index is 13.2. The van der Waals surface area contributed by atoms with Crippen LogP contribution in [0.5, 0.6) is 0 Å². The first kappa shape index (κ1) is 23.6. The van der Waals surface area contributed by atoms with E-state index in [1.807, 2.05) is 43.9 Å². The molecule has 160 valence electrons. The van der Waals surface area contributed by atoms with Gasteiger partial charge in [0.1, 0.15) is 0 Å². The van der Waals surface area contributed by atoms with Gasteiger partial charge in [0.05, 0.1) is 17.9 Å². The fraction of sp³-hybridized carbons (Fsp3) is 0.583. The average molecular weight is 418 g/mol. The fourth-order valence-electron chi connectivity index (χ4n) is 3.32. The number of aliphatic hydroxyl groups excluding tert-OH is 1. The number of carbonyl (C=O) groups excluding carboxylic acids is 2. The van der Waals surface area contributed by atoms with E-state index >= 15 is 0 Å². The molecule has 2 aromatic rings. The van der Waals surface area contributed by atoms with E-state index < -0.39 is 5.41 Å². The van der Waals surface area contributed by atoms with Gasteiger partial charge < -0.3 is 10.0 Å². The Hall–Kier alpha value is -1.72. The normalized spacial score (nSPS) is 11.8. The highest BCUT2D eigenvalue weighted by atomic mass is 32.1. The molecule has 1 N–H and O–H groups in total. The predicted molar refractivity (Wildman–Crippen MR) is 122 cm³/mol. The number of hydrogen-bond acceptors (Lipinski definition) is 4. The van der Waals surface area contributed by atoms with Gasteiger partial charge in [0, 0.05) is 23.2 Å². The number of amides is 1. The van der Waals surface area contributed by atoms with Gasteiger partial charge in [0.15, 0.2) is 5.78 Å². The zero-order valence-electron chi connectivity index (χ0n) is 18.5. The number of rotatable bonds is 10. The summed E-state index contributed by atoms with van der Waals surface area (Å²) in [5.41, 5.74) is 1.11. The van der Waals surface area contributed by atoms with Crippen LogP contribution in [0.2, 0.25) is 0 Å². The number of hydrogen-bond donors (Lipinski definition) is 1. The highest BCUT2D eigenvalue weighted by Crippen LogP contribution is 2.36. The minimum atomic E-state index is -0.511. The van der Waals surface area contributed by atoms with Crippen LogP contribution in [0.1, 0.15) is 81.1 Å². The summed E-state index contributed by atoms with van der Waals surface area (Å²) >= 11 is 1.47. The zero-order chi connectivity index (χ0) is 21.6. The van der Waals surface area contributed by atoms with Gasteiger partial charge in [0.2, 0.25) is 5.91 Å². The summed E-state index contributed by atoms with van der Waals surface area (Å²) in [6.45, 7) is 11.5. The van der Waals surface area contributed by atoms with E-state index in [4.69, 9.17) is 0 Å². The largest absolute Gasteiger partial charge is 0.392 e. The van der Waals surface area contributed by atoms with Crippen LogP contribution in [0.15, 0.2) is 18.2 Å². The second-order valence-corrected chi connectivity index (χ2v) is 9.79. The van der Waals surface area contributed by atoms with Gasteiger partial charge in [-0.1, -0.05) is 53.5 Å².